The summed E-state index contributed by atoms with van der Waals surface area (Å²) in [7, 11) is 3.24. The highest BCUT2D eigenvalue weighted by molar-refractivity contribution is 5.53. The Morgan fingerprint density at radius 2 is 1.56 bits per heavy atom. The molecule has 0 fully saturated rings. The van der Waals surface area contributed by atoms with E-state index in [2.05, 4.69) is 5.32 Å². The molecular weight excluding hydrogens is 230 g/mol. The monoisotopic (exact) mass is 253 g/mol. The number of benzene rings is 1. The Bertz CT molecular complexity index is 353. The molecule has 2 N–H and O–H groups in total. The maximum Gasteiger partial charge on any atom is 0.124 e. The van der Waals surface area contributed by atoms with Gasteiger partial charge in [0, 0.05) is 30.4 Å². The SMILES string of the molecule is CCC(O)(CC)CNc1cc(OC)cc(OC)c1. The van der Waals surface area contributed by atoms with E-state index >= 15 is 0 Å². The fourth-order valence-corrected chi connectivity index (χ4v) is 1.68. The van der Waals surface area contributed by atoms with Crippen molar-refractivity contribution in [2.24, 2.45) is 0 Å². The van der Waals surface area contributed by atoms with Gasteiger partial charge in [-0.05, 0) is 12.8 Å². The quantitative estimate of drug-likeness (QED) is 0.784. The van der Waals surface area contributed by atoms with Gasteiger partial charge in [0.1, 0.15) is 11.5 Å². The Kier molecular flexibility index (Phi) is 5.28. The van der Waals surface area contributed by atoms with Crippen molar-refractivity contribution < 1.29 is 14.6 Å². The first kappa shape index (κ1) is 14.6. The van der Waals surface area contributed by atoms with Gasteiger partial charge in [-0.2, -0.15) is 0 Å². The van der Waals surface area contributed by atoms with Crippen molar-refractivity contribution in [3.05, 3.63) is 18.2 Å². The standard InChI is InChI=1S/C14H23NO3/c1-5-14(16,6-2)10-15-11-7-12(17-3)9-13(8-11)18-4/h7-9,15-16H,5-6,10H2,1-4H3. The van der Waals surface area contributed by atoms with Crippen LogP contribution in [0.25, 0.3) is 0 Å². The lowest BCUT2D eigenvalue weighted by molar-refractivity contribution is 0.0457. The molecule has 0 aliphatic carbocycles. The normalized spacial score (nSPS) is 11.2. The van der Waals surface area contributed by atoms with Crippen LogP contribution in [0.2, 0.25) is 0 Å². The molecular formula is C14H23NO3. The van der Waals surface area contributed by atoms with E-state index in [0.717, 1.165) is 30.0 Å². The topological polar surface area (TPSA) is 50.7 Å². The maximum atomic E-state index is 10.2. The lowest BCUT2D eigenvalue weighted by Gasteiger charge is -2.26. The predicted molar refractivity (Wildman–Crippen MR) is 73.6 cm³/mol. The summed E-state index contributed by atoms with van der Waals surface area (Å²) in [5.74, 6) is 1.46. The molecule has 0 heterocycles. The Hall–Kier alpha value is -1.42. The third kappa shape index (κ3) is 3.81. The number of aliphatic hydroxyl groups is 1. The first-order chi connectivity index (χ1) is 8.56. The minimum Gasteiger partial charge on any atom is -0.497 e. The van der Waals surface area contributed by atoms with Gasteiger partial charge in [-0.3, -0.25) is 0 Å². The molecule has 4 heteroatoms. The van der Waals surface area contributed by atoms with Gasteiger partial charge in [0.15, 0.2) is 0 Å². The van der Waals surface area contributed by atoms with Gasteiger partial charge in [-0.15, -0.1) is 0 Å². The fourth-order valence-electron chi connectivity index (χ4n) is 1.68. The van der Waals surface area contributed by atoms with Gasteiger partial charge in [-0.25, -0.2) is 0 Å². The van der Waals surface area contributed by atoms with Gasteiger partial charge < -0.3 is 19.9 Å². The smallest absolute Gasteiger partial charge is 0.124 e. The summed E-state index contributed by atoms with van der Waals surface area (Å²) >= 11 is 0. The predicted octanol–water partition coefficient (Wildman–Crippen LogP) is 2.67. The molecule has 0 amide bonds. The third-order valence-electron chi connectivity index (χ3n) is 3.29. The third-order valence-corrected chi connectivity index (χ3v) is 3.29. The van der Waals surface area contributed by atoms with Crippen LogP contribution in [0, 0.1) is 0 Å². The molecule has 0 aromatic heterocycles. The van der Waals surface area contributed by atoms with Gasteiger partial charge in [0.2, 0.25) is 0 Å². The highest BCUT2D eigenvalue weighted by Gasteiger charge is 2.21. The number of hydrogen-bond acceptors (Lipinski definition) is 4. The van der Waals surface area contributed by atoms with Crippen LogP contribution >= 0.6 is 0 Å². The fraction of sp³-hybridized carbons (Fsp3) is 0.571. The van der Waals surface area contributed by atoms with Crippen molar-refractivity contribution in [2.45, 2.75) is 32.3 Å². The van der Waals surface area contributed by atoms with Gasteiger partial charge in [0.05, 0.1) is 19.8 Å². The summed E-state index contributed by atoms with van der Waals surface area (Å²) in [5, 5.41) is 13.4. The average Bonchev–Trinajstić information content (AvgIpc) is 2.44. The molecule has 0 saturated carbocycles. The number of ether oxygens (including phenoxy) is 2. The second-order valence-electron chi connectivity index (χ2n) is 4.39. The zero-order valence-electron chi connectivity index (χ0n) is 11.6. The Morgan fingerprint density at radius 3 is 1.94 bits per heavy atom. The lowest BCUT2D eigenvalue weighted by Crippen LogP contribution is -2.35. The van der Waals surface area contributed by atoms with Crippen LogP contribution in [0.4, 0.5) is 5.69 Å². The van der Waals surface area contributed by atoms with E-state index < -0.39 is 5.60 Å². The maximum absolute atomic E-state index is 10.2. The van der Waals surface area contributed by atoms with Crippen molar-refractivity contribution in [3.8, 4) is 11.5 Å². The van der Waals surface area contributed by atoms with Gasteiger partial charge in [0.25, 0.3) is 0 Å². The van der Waals surface area contributed by atoms with E-state index in [1.807, 2.05) is 32.0 Å². The molecule has 0 aliphatic heterocycles. The zero-order valence-corrected chi connectivity index (χ0v) is 11.6. The van der Waals surface area contributed by atoms with Crippen LogP contribution in [0.15, 0.2) is 18.2 Å². The second kappa shape index (κ2) is 6.50. The van der Waals surface area contributed by atoms with Crippen LogP contribution in [0.5, 0.6) is 11.5 Å². The molecule has 0 radical (unpaired) electrons. The summed E-state index contributed by atoms with van der Waals surface area (Å²) < 4.78 is 10.4. The van der Waals surface area contributed by atoms with Crippen molar-refractivity contribution in [3.63, 3.8) is 0 Å². The van der Waals surface area contributed by atoms with Gasteiger partial charge in [-0.1, -0.05) is 13.8 Å². The average molecular weight is 253 g/mol. The Morgan fingerprint density at radius 1 is 1.06 bits per heavy atom. The molecule has 1 aromatic rings. The summed E-state index contributed by atoms with van der Waals surface area (Å²) in [6.45, 7) is 4.48. The molecule has 18 heavy (non-hydrogen) atoms. The highest BCUT2D eigenvalue weighted by atomic mass is 16.5. The molecule has 4 nitrogen and oxygen atoms in total. The number of methoxy groups -OCH3 is 2. The van der Waals surface area contributed by atoms with Crippen LogP contribution in [0.3, 0.4) is 0 Å². The van der Waals surface area contributed by atoms with E-state index in [1.54, 1.807) is 14.2 Å². The molecule has 0 atom stereocenters. The summed E-state index contributed by atoms with van der Waals surface area (Å²) in [6.07, 6.45) is 1.44. The highest BCUT2D eigenvalue weighted by Crippen LogP contribution is 2.26. The van der Waals surface area contributed by atoms with Gasteiger partial charge >= 0.3 is 0 Å². The molecule has 0 aliphatic rings. The van der Waals surface area contributed by atoms with E-state index in [9.17, 15) is 5.11 Å². The second-order valence-corrected chi connectivity index (χ2v) is 4.39. The largest absolute Gasteiger partial charge is 0.497 e. The Labute approximate surface area is 109 Å². The van der Waals surface area contributed by atoms with Crippen molar-refractivity contribution in [2.75, 3.05) is 26.1 Å². The first-order valence-electron chi connectivity index (χ1n) is 6.26. The van der Waals surface area contributed by atoms with E-state index in [-0.39, 0.29) is 0 Å². The zero-order chi connectivity index (χ0) is 13.6. The van der Waals surface area contributed by atoms with Crippen molar-refractivity contribution in [1.82, 2.24) is 0 Å². The molecule has 1 rings (SSSR count). The molecule has 0 unspecified atom stereocenters. The molecule has 0 spiro atoms. The minimum atomic E-state index is -0.670. The number of rotatable bonds is 7. The van der Waals surface area contributed by atoms with Crippen molar-refractivity contribution in [1.29, 1.82) is 0 Å². The van der Waals surface area contributed by atoms with Crippen LogP contribution in [-0.2, 0) is 0 Å². The van der Waals surface area contributed by atoms with Crippen LogP contribution < -0.4 is 14.8 Å². The van der Waals surface area contributed by atoms with Crippen LogP contribution in [0.1, 0.15) is 26.7 Å². The Balaban J connectivity index is 2.78. The first-order valence-corrected chi connectivity index (χ1v) is 6.26. The van der Waals surface area contributed by atoms with E-state index in [4.69, 9.17) is 9.47 Å². The minimum absolute atomic E-state index is 0.510. The van der Waals surface area contributed by atoms with E-state index in [1.165, 1.54) is 0 Å². The number of nitrogens with one attached hydrogen (secondary N) is 1. The molecule has 102 valence electrons. The number of anilines is 1. The molecule has 1 aromatic carbocycles. The molecule has 0 bridgehead atoms. The van der Waals surface area contributed by atoms with Crippen LogP contribution in [-0.4, -0.2) is 31.5 Å². The summed E-state index contributed by atoms with van der Waals surface area (Å²) in [4.78, 5) is 0. The van der Waals surface area contributed by atoms with Crippen molar-refractivity contribution >= 4 is 5.69 Å². The summed E-state index contributed by atoms with van der Waals surface area (Å²) in [6, 6.07) is 5.58. The van der Waals surface area contributed by atoms with E-state index in [0.29, 0.717) is 6.54 Å². The number of hydrogen-bond donors (Lipinski definition) is 2. The lowest BCUT2D eigenvalue weighted by atomic mass is 9.97. The molecule has 0 saturated heterocycles. The summed E-state index contributed by atoms with van der Waals surface area (Å²) in [5.41, 5.74) is 0.211.